The van der Waals surface area contributed by atoms with Crippen molar-refractivity contribution in [2.45, 2.75) is 0 Å². The summed E-state index contributed by atoms with van der Waals surface area (Å²) in [6.07, 6.45) is 1.62. The number of nitrogens with zero attached hydrogens (tertiary/aromatic N) is 1. The Morgan fingerprint density at radius 3 is 2.59 bits per heavy atom. The average Bonchev–Trinajstić information content (AvgIpc) is 2.66. The second kappa shape index (κ2) is 7.16. The molecule has 3 rings (SSSR count). The van der Waals surface area contributed by atoms with Crippen molar-refractivity contribution >= 4 is 28.5 Å². The molecule has 0 aliphatic heterocycles. The predicted molar refractivity (Wildman–Crippen MR) is 98.2 cm³/mol. The second-order valence-corrected chi connectivity index (χ2v) is 5.63. The maximum atomic E-state index is 12.2. The van der Waals surface area contributed by atoms with E-state index in [9.17, 15) is 14.4 Å². The summed E-state index contributed by atoms with van der Waals surface area (Å²) < 4.78 is 10.3. The SMILES string of the molecule is COc1ccc(-c2ccc3c(N)c(C(=O)NCC(N)=O)c(=O)oc3c2)cn1. The van der Waals surface area contributed by atoms with Crippen LogP contribution in [0, 0.1) is 0 Å². The Bertz CT molecular complexity index is 1090. The number of benzene rings is 1. The zero-order valence-corrected chi connectivity index (χ0v) is 14.3. The van der Waals surface area contributed by atoms with E-state index >= 15 is 0 Å². The lowest BCUT2D eigenvalue weighted by Gasteiger charge is -2.09. The van der Waals surface area contributed by atoms with E-state index in [4.69, 9.17) is 20.6 Å². The third-order valence-electron chi connectivity index (χ3n) is 3.88. The lowest BCUT2D eigenvalue weighted by molar-refractivity contribution is -0.117. The average molecular weight is 368 g/mol. The van der Waals surface area contributed by atoms with Gasteiger partial charge in [0, 0.05) is 23.2 Å². The molecular weight excluding hydrogens is 352 g/mol. The number of hydrogen-bond donors (Lipinski definition) is 3. The molecule has 0 spiro atoms. The van der Waals surface area contributed by atoms with Crippen LogP contribution in [0.3, 0.4) is 0 Å². The van der Waals surface area contributed by atoms with Gasteiger partial charge in [-0.05, 0) is 23.8 Å². The van der Waals surface area contributed by atoms with E-state index in [1.54, 1.807) is 36.5 Å². The van der Waals surface area contributed by atoms with Crippen molar-refractivity contribution in [3.8, 4) is 17.0 Å². The Hall–Kier alpha value is -3.88. The Morgan fingerprint density at radius 2 is 1.96 bits per heavy atom. The molecule has 5 N–H and O–H groups in total. The first kappa shape index (κ1) is 17.9. The first-order valence-corrected chi connectivity index (χ1v) is 7.84. The molecule has 0 radical (unpaired) electrons. The molecule has 0 unspecified atom stereocenters. The molecule has 2 heterocycles. The van der Waals surface area contributed by atoms with Gasteiger partial charge >= 0.3 is 5.63 Å². The first-order valence-electron chi connectivity index (χ1n) is 7.84. The van der Waals surface area contributed by atoms with Crippen LogP contribution in [0.25, 0.3) is 22.1 Å². The zero-order chi connectivity index (χ0) is 19.6. The smallest absolute Gasteiger partial charge is 0.351 e. The Labute approximate surface area is 152 Å². The molecule has 9 nitrogen and oxygen atoms in total. The van der Waals surface area contributed by atoms with Gasteiger partial charge in [0.15, 0.2) is 0 Å². The molecule has 0 aliphatic carbocycles. The standard InChI is InChI=1S/C18H16N4O5/c1-26-14-5-3-10(7-21-14)9-2-4-11-12(6-9)27-18(25)15(16(11)20)17(24)22-8-13(19)23/h2-7H,8,20H2,1H3,(H2,19,23)(H,22,24). The number of hydrogen-bond acceptors (Lipinski definition) is 7. The lowest BCUT2D eigenvalue weighted by Crippen LogP contribution is -2.36. The summed E-state index contributed by atoms with van der Waals surface area (Å²) in [6, 6.07) is 8.53. The number of carbonyl (C=O) groups excluding carboxylic acids is 2. The van der Waals surface area contributed by atoms with E-state index in [2.05, 4.69) is 10.3 Å². The van der Waals surface area contributed by atoms with Crippen LogP contribution < -0.4 is 27.1 Å². The van der Waals surface area contributed by atoms with Gasteiger partial charge in [0.05, 0.1) is 19.3 Å². The van der Waals surface area contributed by atoms with Gasteiger partial charge < -0.3 is 25.9 Å². The van der Waals surface area contributed by atoms with E-state index in [1.807, 2.05) is 0 Å². The minimum atomic E-state index is -0.910. The maximum absolute atomic E-state index is 12.2. The minimum absolute atomic E-state index is 0.0392. The fourth-order valence-corrected chi connectivity index (χ4v) is 2.55. The molecule has 0 saturated carbocycles. The van der Waals surface area contributed by atoms with Crippen LogP contribution in [-0.2, 0) is 4.79 Å². The molecule has 27 heavy (non-hydrogen) atoms. The number of carbonyl (C=O) groups is 2. The van der Waals surface area contributed by atoms with Crippen LogP contribution in [0.5, 0.6) is 5.88 Å². The number of anilines is 1. The molecule has 0 fully saturated rings. The second-order valence-electron chi connectivity index (χ2n) is 5.63. The number of methoxy groups -OCH3 is 1. The number of pyridine rings is 1. The summed E-state index contributed by atoms with van der Waals surface area (Å²) in [5, 5.41) is 2.61. The largest absolute Gasteiger partial charge is 0.481 e. The van der Waals surface area contributed by atoms with Crippen molar-refractivity contribution in [3.63, 3.8) is 0 Å². The van der Waals surface area contributed by atoms with Crippen LogP contribution >= 0.6 is 0 Å². The van der Waals surface area contributed by atoms with Crippen molar-refractivity contribution < 1.29 is 18.7 Å². The molecule has 2 amide bonds. The van der Waals surface area contributed by atoms with Crippen LogP contribution in [-0.4, -0.2) is 30.5 Å². The van der Waals surface area contributed by atoms with Gasteiger partial charge in [0.1, 0.15) is 11.1 Å². The monoisotopic (exact) mass is 368 g/mol. The van der Waals surface area contributed by atoms with Crippen molar-refractivity contribution in [1.29, 1.82) is 0 Å². The Morgan fingerprint density at radius 1 is 1.22 bits per heavy atom. The summed E-state index contributed by atoms with van der Waals surface area (Å²) in [5.74, 6) is -1.10. The van der Waals surface area contributed by atoms with Gasteiger partial charge in [0.2, 0.25) is 11.8 Å². The highest BCUT2D eigenvalue weighted by Crippen LogP contribution is 2.28. The number of nitrogens with two attached hydrogens (primary N) is 2. The number of fused-ring (bicyclic) bond motifs is 1. The fourth-order valence-electron chi connectivity index (χ4n) is 2.55. The molecule has 9 heteroatoms. The van der Waals surface area contributed by atoms with E-state index in [0.717, 1.165) is 11.1 Å². The van der Waals surface area contributed by atoms with E-state index in [-0.39, 0.29) is 16.8 Å². The lowest BCUT2D eigenvalue weighted by atomic mass is 10.0. The molecule has 1 aromatic carbocycles. The van der Waals surface area contributed by atoms with Gasteiger partial charge in [-0.15, -0.1) is 0 Å². The number of rotatable bonds is 5. The summed E-state index contributed by atoms with van der Waals surface area (Å²) >= 11 is 0. The topological polar surface area (TPSA) is 151 Å². The zero-order valence-electron chi connectivity index (χ0n) is 14.3. The minimum Gasteiger partial charge on any atom is -0.481 e. The van der Waals surface area contributed by atoms with Crippen molar-refractivity contribution in [2.24, 2.45) is 5.73 Å². The summed E-state index contributed by atoms with van der Waals surface area (Å²) in [7, 11) is 1.52. The molecule has 0 atom stereocenters. The molecule has 0 saturated heterocycles. The third-order valence-corrected chi connectivity index (χ3v) is 3.88. The first-order chi connectivity index (χ1) is 12.9. The van der Waals surface area contributed by atoms with Crippen LogP contribution in [0.15, 0.2) is 45.7 Å². The van der Waals surface area contributed by atoms with Crippen molar-refractivity contribution in [2.75, 3.05) is 19.4 Å². The summed E-state index contributed by atoms with van der Waals surface area (Å²) in [4.78, 5) is 39.2. The van der Waals surface area contributed by atoms with Crippen LogP contribution in [0.4, 0.5) is 5.69 Å². The normalized spacial score (nSPS) is 10.6. The number of nitrogens with one attached hydrogen (secondary N) is 1. The quantitative estimate of drug-likeness (QED) is 0.560. The van der Waals surface area contributed by atoms with Crippen LogP contribution in [0.2, 0.25) is 0 Å². The van der Waals surface area contributed by atoms with Gasteiger partial charge in [0.25, 0.3) is 5.91 Å². The van der Waals surface area contributed by atoms with E-state index in [1.165, 1.54) is 7.11 Å². The van der Waals surface area contributed by atoms with Gasteiger partial charge in [-0.2, -0.15) is 0 Å². The fraction of sp³-hybridized carbons (Fsp3) is 0.111. The van der Waals surface area contributed by atoms with E-state index in [0.29, 0.717) is 11.3 Å². The molecule has 3 aromatic rings. The molecular formula is C18H16N4O5. The van der Waals surface area contributed by atoms with Crippen molar-refractivity contribution in [1.82, 2.24) is 10.3 Å². The number of aromatic nitrogens is 1. The Balaban J connectivity index is 2.03. The highest BCUT2D eigenvalue weighted by molar-refractivity contribution is 6.06. The maximum Gasteiger partial charge on any atom is 0.351 e. The third kappa shape index (κ3) is 3.56. The highest BCUT2D eigenvalue weighted by Gasteiger charge is 2.20. The molecule has 0 bridgehead atoms. The number of nitrogen functional groups attached to an aromatic ring is 1. The predicted octanol–water partition coefficient (Wildman–Crippen LogP) is 0.661. The number of primary amides is 1. The summed E-state index contributed by atoms with van der Waals surface area (Å²) in [5.41, 5.74) is 11.4. The van der Waals surface area contributed by atoms with E-state index < -0.39 is 24.0 Å². The van der Waals surface area contributed by atoms with Gasteiger partial charge in [-0.25, -0.2) is 9.78 Å². The van der Waals surface area contributed by atoms with Crippen LogP contribution in [0.1, 0.15) is 10.4 Å². The number of ether oxygens (including phenoxy) is 1. The number of amides is 2. The van der Waals surface area contributed by atoms with Crippen molar-refractivity contribution in [3.05, 3.63) is 52.5 Å². The van der Waals surface area contributed by atoms with Gasteiger partial charge in [-0.3, -0.25) is 9.59 Å². The molecule has 0 aliphatic rings. The van der Waals surface area contributed by atoms with Gasteiger partial charge in [-0.1, -0.05) is 6.07 Å². The summed E-state index contributed by atoms with van der Waals surface area (Å²) in [6.45, 7) is -0.418. The highest BCUT2D eigenvalue weighted by atomic mass is 16.5. The molecule has 138 valence electrons. The molecule has 2 aromatic heterocycles. The Kier molecular flexibility index (Phi) is 4.75.